The maximum atomic E-state index is 5.75. The van der Waals surface area contributed by atoms with E-state index in [9.17, 15) is 0 Å². The molecule has 0 aliphatic rings. The number of allylic oxidation sites excluding steroid dienone is 8. The number of benzene rings is 5. The summed E-state index contributed by atoms with van der Waals surface area (Å²) in [7, 11) is 1.71. The summed E-state index contributed by atoms with van der Waals surface area (Å²) >= 11 is 0. The highest BCUT2D eigenvalue weighted by molar-refractivity contribution is 5.81. The first kappa shape index (κ1) is 30.6. The highest BCUT2D eigenvalue weighted by atomic mass is 16.5. The van der Waals surface area contributed by atoms with E-state index in [1.807, 2.05) is 78.9 Å². The Kier molecular flexibility index (Phi) is 11.3. The van der Waals surface area contributed by atoms with Gasteiger partial charge in [0.1, 0.15) is 5.75 Å². The second-order valence-corrected chi connectivity index (χ2v) is 10.2. The van der Waals surface area contributed by atoms with Crippen molar-refractivity contribution in [1.29, 1.82) is 0 Å². The molecule has 5 rings (SSSR count). The number of hydrogen-bond acceptors (Lipinski definition) is 2. The van der Waals surface area contributed by atoms with Gasteiger partial charge in [0.25, 0.3) is 0 Å². The topological polar surface area (TPSA) is 12.5 Å². The molecule has 0 bridgehead atoms. The van der Waals surface area contributed by atoms with Gasteiger partial charge >= 0.3 is 0 Å². The maximum absolute atomic E-state index is 5.75. The Morgan fingerprint density at radius 3 is 1.13 bits per heavy atom. The first-order valence-electron chi connectivity index (χ1n) is 15.1. The van der Waals surface area contributed by atoms with Gasteiger partial charge < -0.3 is 9.64 Å². The van der Waals surface area contributed by atoms with Crippen LogP contribution in [-0.4, -0.2) is 7.11 Å². The third-order valence-electron chi connectivity index (χ3n) is 7.05. The summed E-state index contributed by atoms with van der Waals surface area (Å²) in [5.74, 6) is 0.813. The lowest BCUT2D eigenvalue weighted by atomic mass is 10.1. The maximum Gasteiger partial charge on any atom is 0.142 e. The molecule has 0 amide bonds. The third-order valence-corrected chi connectivity index (χ3v) is 7.05. The first-order chi connectivity index (χ1) is 22.3. The average Bonchev–Trinajstić information content (AvgIpc) is 3.10. The highest BCUT2D eigenvalue weighted by Gasteiger charge is 2.16. The van der Waals surface area contributed by atoms with E-state index in [2.05, 4.69) is 132 Å². The predicted octanol–water partition coefficient (Wildman–Crippen LogP) is 11.7. The van der Waals surface area contributed by atoms with Gasteiger partial charge in [0.2, 0.25) is 0 Å². The fourth-order valence-corrected chi connectivity index (χ4v) is 4.76. The lowest BCUT2D eigenvalue weighted by molar-refractivity contribution is 0.416. The summed E-state index contributed by atoms with van der Waals surface area (Å²) in [6.07, 6.45) is 24.8. The fourth-order valence-electron chi connectivity index (χ4n) is 4.76. The molecule has 0 aromatic heterocycles. The number of para-hydroxylation sites is 2. The molecule has 220 valence electrons. The molecule has 0 aliphatic carbocycles. The predicted molar refractivity (Wildman–Crippen MR) is 195 cm³/mol. The van der Waals surface area contributed by atoms with Crippen LogP contribution in [0.5, 0.6) is 5.75 Å². The van der Waals surface area contributed by atoms with Crippen molar-refractivity contribution in [2.24, 2.45) is 0 Å². The van der Waals surface area contributed by atoms with Gasteiger partial charge in [-0.1, -0.05) is 170 Å². The summed E-state index contributed by atoms with van der Waals surface area (Å²) in [6.45, 7) is 0. The van der Waals surface area contributed by atoms with Gasteiger partial charge in [-0.05, 0) is 58.7 Å². The van der Waals surface area contributed by atoms with Gasteiger partial charge in [0.15, 0.2) is 0 Å². The standard InChI is InChI=1S/C43H37NO/c1-45-43-27-17-16-26-42(43)44(40-32-28-38(29-33-40)24-10-4-2-8-18-36-20-12-6-13-21-36)41-34-30-39(31-35-41)25-11-5-3-9-19-37-22-14-7-15-23-37/h2-35H,1H3. The van der Waals surface area contributed by atoms with Crippen LogP contribution in [0.1, 0.15) is 22.3 Å². The van der Waals surface area contributed by atoms with Crippen molar-refractivity contribution in [3.05, 3.63) is 204 Å². The van der Waals surface area contributed by atoms with Gasteiger partial charge in [0, 0.05) is 11.4 Å². The molecule has 0 N–H and O–H groups in total. The van der Waals surface area contributed by atoms with E-state index in [4.69, 9.17) is 4.74 Å². The molecule has 2 heteroatoms. The minimum Gasteiger partial charge on any atom is -0.495 e. The summed E-state index contributed by atoms with van der Waals surface area (Å²) in [4.78, 5) is 2.22. The number of ether oxygens (including phenoxy) is 1. The Hall–Kier alpha value is -5.86. The molecule has 0 aliphatic heterocycles. The Labute approximate surface area is 267 Å². The van der Waals surface area contributed by atoms with Gasteiger partial charge in [-0.25, -0.2) is 0 Å². The molecule has 0 fully saturated rings. The van der Waals surface area contributed by atoms with Crippen LogP contribution in [0, 0.1) is 0 Å². The third kappa shape index (κ3) is 9.31. The molecular weight excluding hydrogens is 546 g/mol. The normalized spacial score (nSPS) is 12.0. The van der Waals surface area contributed by atoms with Crippen molar-refractivity contribution in [2.75, 3.05) is 12.0 Å². The van der Waals surface area contributed by atoms with Gasteiger partial charge in [-0.2, -0.15) is 0 Å². The van der Waals surface area contributed by atoms with Crippen LogP contribution in [0.15, 0.2) is 182 Å². The average molecular weight is 584 g/mol. The zero-order valence-corrected chi connectivity index (χ0v) is 25.5. The Morgan fingerprint density at radius 2 is 0.733 bits per heavy atom. The summed E-state index contributed by atoms with van der Waals surface area (Å²) in [5, 5.41) is 0. The van der Waals surface area contributed by atoms with Crippen molar-refractivity contribution in [3.8, 4) is 5.75 Å². The Balaban J connectivity index is 1.29. The van der Waals surface area contributed by atoms with Crippen LogP contribution in [0.3, 0.4) is 0 Å². The highest BCUT2D eigenvalue weighted by Crippen LogP contribution is 2.40. The molecular formula is C43H37NO. The van der Waals surface area contributed by atoms with E-state index in [1.54, 1.807) is 7.11 Å². The van der Waals surface area contributed by atoms with Crippen molar-refractivity contribution >= 4 is 41.4 Å². The van der Waals surface area contributed by atoms with Crippen LogP contribution >= 0.6 is 0 Å². The van der Waals surface area contributed by atoms with Crippen molar-refractivity contribution < 1.29 is 4.74 Å². The van der Waals surface area contributed by atoms with Gasteiger partial charge in [-0.3, -0.25) is 0 Å². The van der Waals surface area contributed by atoms with Crippen LogP contribution in [-0.2, 0) is 0 Å². The lowest BCUT2D eigenvalue weighted by Crippen LogP contribution is -2.11. The molecule has 0 unspecified atom stereocenters. The minimum atomic E-state index is 0.813. The zero-order valence-electron chi connectivity index (χ0n) is 25.5. The van der Waals surface area contributed by atoms with E-state index in [1.165, 1.54) is 11.1 Å². The first-order valence-corrected chi connectivity index (χ1v) is 15.1. The van der Waals surface area contributed by atoms with Crippen molar-refractivity contribution in [2.45, 2.75) is 0 Å². The number of rotatable bonds is 12. The number of hydrogen-bond donors (Lipinski definition) is 0. The zero-order chi connectivity index (χ0) is 30.9. The Morgan fingerprint density at radius 1 is 0.378 bits per heavy atom. The summed E-state index contributed by atoms with van der Waals surface area (Å²) in [6, 6.07) is 45.8. The fraction of sp³-hybridized carbons (Fsp3) is 0.0233. The number of nitrogens with zero attached hydrogens (tertiary/aromatic N) is 1. The van der Waals surface area contributed by atoms with E-state index < -0.39 is 0 Å². The van der Waals surface area contributed by atoms with E-state index >= 15 is 0 Å². The molecule has 2 nitrogen and oxygen atoms in total. The summed E-state index contributed by atoms with van der Waals surface area (Å²) in [5.41, 5.74) is 7.71. The number of anilines is 3. The molecule has 0 saturated heterocycles. The lowest BCUT2D eigenvalue weighted by Gasteiger charge is -2.27. The molecule has 5 aromatic rings. The second kappa shape index (κ2) is 16.7. The van der Waals surface area contributed by atoms with E-state index in [0.29, 0.717) is 0 Å². The molecule has 45 heavy (non-hydrogen) atoms. The smallest absolute Gasteiger partial charge is 0.142 e. The van der Waals surface area contributed by atoms with Crippen LogP contribution in [0.4, 0.5) is 17.1 Å². The largest absolute Gasteiger partial charge is 0.495 e. The molecule has 0 saturated carbocycles. The molecule has 0 atom stereocenters. The molecule has 5 aromatic carbocycles. The monoisotopic (exact) mass is 583 g/mol. The van der Waals surface area contributed by atoms with Crippen molar-refractivity contribution in [3.63, 3.8) is 0 Å². The molecule has 0 heterocycles. The van der Waals surface area contributed by atoms with Crippen LogP contribution in [0.2, 0.25) is 0 Å². The molecule has 0 radical (unpaired) electrons. The van der Waals surface area contributed by atoms with Gasteiger partial charge in [-0.15, -0.1) is 0 Å². The SMILES string of the molecule is COc1ccccc1N(c1ccc(C=CC=CC=Cc2ccccc2)cc1)c1ccc(C=CC=CC=Cc2ccccc2)cc1. The minimum absolute atomic E-state index is 0.813. The van der Waals surface area contributed by atoms with Crippen molar-refractivity contribution in [1.82, 2.24) is 0 Å². The summed E-state index contributed by atoms with van der Waals surface area (Å²) < 4.78 is 5.75. The Bertz CT molecular complexity index is 1680. The second-order valence-electron chi connectivity index (χ2n) is 10.2. The quantitative estimate of drug-likeness (QED) is 0.135. The molecule has 0 spiro atoms. The number of methoxy groups -OCH3 is 1. The van der Waals surface area contributed by atoms with Crippen LogP contribution in [0.25, 0.3) is 24.3 Å². The van der Waals surface area contributed by atoms with E-state index in [0.717, 1.165) is 33.9 Å². The van der Waals surface area contributed by atoms with Crippen LogP contribution < -0.4 is 9.64 Å². The van der Waals surface area contributed by atoms with Gasteiger partial charge in [0.05, 0.1) is 12.8 Å². The van der Waals surface area contributed by atoms with E-state index in [-0.39, 0.29) is 0 Å².